The van der Waals surface area contributed by atoms with Crippen LogP contribution >= 0.6 is 7.60 Å². The lowest BCUT2D eigenvalue weighted by molar-refractivity contribution is -0.145. The van der Waals surface area contributed by atoms with Crippen LogP contribution in [0, 0.1) is 17.8 Å². The number of aromatic nitrogens is 1. The Morgan fingerprint density at radius 2 is 1.34 bits per heavy atom. The molecule has 1 aromatic heterocycles. The molecule has 0 aromatic carbocycles. The van der Waals surface area contributed by atoms with Crippen molar-refractivity contribution in [2.75, 3.05) is 19.3 Å². The van der Waals surface area contributed by atoms with Crippen LogP contribution in [0.15, 0.2) is 18.3 Å². The summed E-state index contributed by atoms with van der Waals surface area (Å²) in [4.78, 5) is 108. The fourth-order valence-corrected chi connectivity index (χ4v) is 6.90. The first kappa shape index (κ1) is 49.4. The van der Waals surface area contributed by atoms with E-state index in [0.29, 0.717) is 57.1 Å². The number of Topliss-reactive ketones (excluding diaryl/α,β-unsaturated/α-hetero) is 2. The maximum Gasteiger partial charge on any atom is 0.328 e. The Bertz CT molecular complexity index is 1530. The van der Waals surface area contributed by atoms with E-state index in [-0.39, 0.29) is 49.6 Å². The predicted molar refractivity (Wildman–Crippen MR) is 195 cm³/mol. The summed E-state index contributed by atoms with van der Waals surface area (Å²) in [6.45, 7) is -0.0551. The minimum absolute atomic E-state index is 0.104. The van der Waals surface area contributed by atoms with Crippen LogP contribution in [-0.4, -0.2) is 103 Å². The van der Waals surface area contributed by atoms with Crippen LogP contribution in [0.3, 0.4) is 0 Å². The summed E-state index contributed by atoms with van der Waals surface area (Å²) in [6, 6.07) is 1.08. The molecule has 0 bridgehead atoms. The van der Waals surface area contributed by atoms with E-state index in [1.807, 2.05) is 0 Å². The molecule has 7 N–H and O–H groups in total. The number of carboxylic acids is 4. The van der Waals surface area contributed by atoms with E-state index < -0.39 is 93.2 Å². The zero-order valence-electron chi connectivity index (χ0n) is 31.2. The van der Waals surface area contributed by atoms with E-state index in [9.17, 15) is 67.5 Å². The molecule has 314 valence electrons. The van der Waals surface area contributed by atoms with E-state index >= 15 is 0 Å². The minimum Gasteiger partial charge on any atom is -0.481 e. The van der Waals surface area contributed by atoms with Gasteiger partial charge < -0.3 is 40.5 Å². The highest BCUT2D eigenvalue weighted by molar-refractivity contribution is 7.52. The van der Waals surface area contributed by atoms with Crippen LogP contribution in [0.1, 0.15) is 120 Å². The average Bonchev–Trinajstić information content (AvgIpc) is 3.12. The fraction of sp³-hybridized carbons (Fsp3) is 0.639. The zero-order chi connectivity index (χ0) is 42.1. The summed E-state index contributed by atoms with van der Waals surface area (Å²) < 4.78 is 30.0. The molecule has 0 aliphatic heterocycles. The molecule has 0 aliphatic rings. The summed E-state index contributed by atoms with van der Waals surface area (Å²) in [7, 11) is -4.47. The van der Waals surface area contributed by atoms with E-state index in [0.717, 1.165) is 18.9 Å². The van der Waals surface area contributed by atoms with Gasteiger partial charge in [0, 0.05) is 56.8 Å². The number of carbonyl (C=O) groups is 8. The molecule has 0 radical (unpaired) electrons. The van der Waals surface area contributed by atoms with Crippen molar-refractivity contribution in [2.45, 2.75) is 115 Å². The molecule has 0 saturated carbocycles. The molecule has 2 amide bonds. The number of nitrogens with one attached hydrogen (secondary N) is 2. The number of rotatable bonds is 33. The second-order valence-electron chi connectivity index (χ2n) is 13.4. The number of halogens is 1. The normalized spacial score (nSPS) is 13.8. The van der Waals surface area contributed by atoms with Gasteiger partial charge in [0.05, 0.1) is 24.6 Å². The molecular formula is C36H53FN3O15P. The van der Waals surface area contributed by atoms with E-state index in [2.05, 4.69) is 15.6 Å². The molecule has 0 saturated heterocycles. The predicted octanol–water partition coefficient (Wildman–Crippen LogP) is 3.98. The third kappa shape index (κ3) is 23.3. The first-order chi connectivity index (χ1) is 26.4. The van der Waals surface area contributed by atoms with Crippen LogP contribution in [0.2, 0.25) is 0 Å². The number of hydrogen-bond acceptors (Lipinski definition) is 11. The molecular weight excluding hydrogens is 764 g/mol. The molecule has 1 unspecified atom stereocenters. The second-order valence-corrected chi connectivity index (χ2v) is 15.3. The van der Waals surface area contributed by atoms with Crippen molar-refractivity contribution in [1.29, 1.82) is 0 Å². The molecule has 0 aliphatic carbocycles. The SMILES string of the molecule is O=C(O)CC[C@H](CP(=O)(O)OCCC[C@H](NC(=O)CC[C@H](CC(=O)CCCCCNC(=O)CCCCCCC(=O)c1ccc(F)nc1)C(=O)O)C(=O)O)C(=O)O. The third-order valence-electron chi connectivity index (χ3n) is 8.68. The van der Waals surface area contributed by atoms with Crippen molar-refractivity contribution in [2.24, 2.45) is 11.8 Å². The Hall–Kier alpha value is -4.61. The van der Waals surface area contributed by atoms with Gasteiger partial charge in [0.2, 0.25) is 17.8 Å². The summed E-state index contributed by atoms with van der Waals surface area (Å²) in [5.74, 6) is -10.1. The highest BCUT2D eigenvalue weighted by Crippen LogP contribution is 2.44. The molecule has 1 rings (SSSR count). The highest BCUT2D eigenvalue weighted by atomic mass is 31.2. The topological polar surface area (TPSA) is 301 Å². The summed E-state index contributed by atoms with van der Waals surface area (Å²) in [6.07, 6.45) is 3.36. The van der Waals surface area contributed by atoms with Gasteiger partial charge >= 0.3 is 31.5 Å². The number of unbranched alkanes of at least 4 members (excludes halogenated alkanes) is 5. The number of hydrogen-bond donors (Lipinski definition) is 7. The number of carboxylic acid groups (broad SMARTS) is 4. The Morgan fingerprint density at radius 3 is 1.95 bits per heavy atom. The number of aliphatic carboxylic acids is 4. The van der Waals surface area contributed by atoms with Gasteiger partial charge in [-0.1, -0.05) is 19.3 Å². The van der Waals surface area contributed by atoms with Crippen LogP contribution in [0.25, 0.3) is 0 Å². The van der Waals surface area contributed by atoms with Gasteiger partial charge in [0.1, 0.15) is 11.8 Å². The summed E-state index contributed by atoms with van der Waals surface area (Å²) in [5.41, 5.74) is 0.362. The summed E-state index contributed by atoms with van der Waals surface area (Å²) >= 11 is 0. The van der Waals surface area contributed by atoms with Crippen LogP contribution in [0.5, 0.6) is 0 Å². The van der Waals surface area contributed by atoms with Gasteiger partial charge in [-0.15, -0.1) is 0 Å². The van der Waals surface area contributed by atoms with E-state index in [4.69, 9.17) is 9.63 Å². The molecule has 0 spiro atoms. The lowest BCUT2D eigenvalue weighted by Crippen LogP contribution is -2.41. The second kappa shape index (κ2) is 27.1. The standard InChI is InChI=1S/C36H53FN3O15P/c37-30-16-13-25(22-39-30)29(42)11-5-1-2-6-12-31(43)38-19-7-3-4-9-27(41)21-24(34(47)48)14-17-32(44)40-28(36(51)52)10-8-20-55-56(53,54)23-26(35(49)50)15-18-33(45)46/h13,16,22,24,26,28H,1-12,14-15,17-21,23H2,(H,38,43)(H,40,44)(H,45,46)(H,47,48)(H,49,50)(H,51,52)(H,53,54)/t24-,26-,28+/m1/s1. The van der Waals surface area contributed by atoms with Gasteiger partial charge in [0.15, 0.2) is 5.78 Å². The molecule has 18 nitrogen and oxygen atoms in total. The van der Waals surface area contributed by atoms with Gasteiger partial charge in [-0.2, -0.15) is 4.39 Å². The number of nitrogens with zero attached hydrogens (tertiary/aromatic N) is 1. The first-order valence-corrected chi connectivity index (χ1v) is 20.3. The average molecular weight is 818 g/mol. The van der Waals surface area contributed by atoms with Crippen LogP contribution in [-0.2, 0) is 42.7 Å². The smallest absolute Gasteiger partial charge is 0.328 e. The van der Waals surface area contributed by atoms with Crippen molar-refractivity contribution < 1.29 is 77.2 Å². The van der Waals surface area contributed by atoms with Crippen molar-refractivity contribution in [3.8, 4) is 0 Å². The monoisotopic (exact) mass is 817 g/mol. The fourth-order valence-electron chi connectivity index (χ4n) is 5.49. The molecule has 56 heavy (non-hydrogen) atoms. The number of amides is 2. The number of pyridine rings is 1. The van der Waals surface area contributed by atoms with Gasteiger partial charge in [-0.25, -0.2) is 9.78 Å². The maximum absolute atomic E-state index is 12.9. The first-order valence-electron chi connectivity index (χ1n) is 18.5. The molecule has 0 fully saturated rings. The third-order valence-corrected chi connectivity index (χ3v) is 10.2. The number of carbonyl (C=O) groups excluding carboxylic acids is 4. The van der Waals surface area contributed by atoms with Crippen LogP contribution < -0.4 is 10.6 Å². The zero-order valence-corrected chi connectivity index (χ0v) is 32.1. The Morgan fingerprint density at radius 1 is 0.714 bits per heavy atom. The molecule has 1 aromatic rings. The Labute approximate surface area is 323 Å². The number of ketones is 2. The Balaban J connectivity index is 2.26. The lowest BCUT2D eigenvalue weighted by Gasteiger charge is -2.18. The largest absolute Gasteiger partial charge is 0.481 e. The molecule has 20 heteroatoms. The van der Waals surface area contributed by atoms with E-state index in [1.54, 1.807) is 0 Å². The Kier molecular flexibility index (Phi) is 23.9. The summed E-state index contributed by atoms with van der Waals surface area (Å²) in [5, 5.41) is 42.0. The lowest BCUT2D eigenvalue weighted by atomic mass is 9.94. The van der Waals surface area contributed by atoms with Gasteiger partial charge in [-0.05, 0) is 63.5 Å². The van der Waals surface area contributed by atoms with Gasteiger partial charge in [0.25, 0.3) is 0 Å². The van der Waals surface area contributed by atoms with Gasteiger partial charge in [-0.3, -0.25) is 38.1 Å². The maximum atomic E-state index is 12.9. The van der Waals surface area contributed by atoms with Crippen LogP contribution in [0.4, 0.5) is 4.39 Å². The highest BCUT2D eigenvalue weighted by Gasteiger charge is 2.31. The van der Waals surface area contributed by atoms with Crippen molar-refractivity contribution in [1.82, 2.24) is 15.6 Å². The quantitative estimate of drug-likeness (QED) is 0.0228. The minimum atomic E-state index is -4.47. The van der Waals surface area contributed by atoms with Crippen molar-refractivity contribution in [3.63, 3.8) is 0 Å². The van der Waals surface area contributed by atoms with E-state index in [1.165, 1.54) is 12.3 Å². The molecule has 4 atom stereocenters. The van der Waals surface area contributed by atoms with Crippen molar-refractivity contribution in [3.05, 3.63) is 29.8 Å². The van der Waals surface area contributed by atoms with Crippen molar-refractivity contribution >= 4 is 54.9 Å². The molecule has 1 heterocycles.